The molecule has 17 heavy (non-hydrogen) atoms. The Labute approximate surface area is 107 Å². The lowest BCUT2D eigenvalue weighted by Crippen LogP contribution is -2.15. The van der Waals surface area contributed by atoms with Crippen molar-refractivity contribution in [3.63, 3.8) is 0 Å². The Morgan fingerprint density at radius 3 is 2.47 bits per heavy atom. The van der Waals surface area contributed by atoms with E-state index in [0.29, 0.717) is 11.6 Å². The van der Waals surface area contributed by atoms with E-state index >= 15 is 0 Å². The highest BCUT2D eigenvalue weighted by molar-refractivity contribution is 6.17. The molecule has 1 saturated carbocycles. The summed E-state index contributed by atoms with van der Waals surface area (Å²) in [4.78, 5) is 0. The maximum atomic E-state index is 13.7. The average molecular weight is 257 g/mol. The van der Waals surface area contributed by atoms with Gasteiger partial charge in [-0.25, -0.2) is 4.39 Å². The minimum Gasteiger partial charge on any atom is -0.487 e. The van der Waals surface area contributed by atoms with Gasteiger partial charge in [0.2, 0.25) is 0 Å². The highest BCUT2D eigenvalue weighted by atomic mass is 35.5. The Kier molecular flexibility index (Phi) is 4.66. The lowest BCUT2D eigenvalue weighted by atomic mass is 10.1. The molecule has 94 valence electrons. The fraction of sp³-hybridized carbons (Fsp3) is 0.571. The molecule has 0 N–H and O–H groups in total. The molecular weight excluding hydrogens is 239 g/mol. The van der Waals surface area contributed by atoms with Crippen molar-refractivity contribution in [2.75, 3.05) is 0 Å². The van der Waals surface area contributed by atoms with E-state index in [2.05, 4.69) is 0 Å². The van der Waals surface area contributed by atoms with E-state index in [0.717, 1.165) is 18.4 Å². The second-order valence-electron chi connectivity index (χ2n) is 4.63. The Morgan fingerprint density at radius 2 is 1.88 bits per heavy atom. The van der Waals surface area contributed by atoms with Crippen molar-refractivity contribution in [1.29, 1.82) is 0 Å². The van der Waals surface area contributed by atoms with Gasteiger partial charge in [0.1, 0.15) is 0 Å². The van der Waals surface area contributed by atoms with Gasteiger partial charge in [0, 0.05) is 5.88 Å². The number of alkyl halides is 1. The first-order valence-corrected chi connectivity index (χ1v) is 6.84. The van der Waals surface area contributed by atoms with Crippen LogP contribution in [0.1, 0.15) is 44.1 Å². The lowest BCUT2D eigenvalue weighted by Gasteiger charge is -2.17. The van der Waals surface area contributed by atoms with Gasteiger partial charge in [-0.2, -0.15) is 0 Å². The monoisotopic (exact) mass is 256 g/mol. The predicted octanol–water partition coefficient (Wildman–Crippen LogP) is 4.67. The minimum absolute atomic E-state index is 0.175. The van der Waals surface area contributed by atoms with E-state index in [1.165, 1.54) is 31.7 Å². The first-order chi connectivity index (χ1) is 8.29. The fourth-order valence-electron chi connectivity index (χ4n) is 2.26. The summed E-state index contributed by atoms with van der Waals surface area (Å²) < 4.78 is 19.5. The van der Waals surface area contributed by atoms with Gasteiger partial charge in [-0.05, 0) is 43.4 Å². The van der Waals surface area contributed by atoms with Crippen LogP contribution in [0.25, 0.3) is 0 Å². The topological polar surface area (TPSA) is 9.23 Å². The molecule has 1 aliphatic rings. The third kappa shape index (κ3) is 3.60. The van der Waals surface area contributed by atoms with Gasteiger partial charge >= 0.3 is 0 Å². The fourth-order valence-corrected chi connectivity index (χ4v) is 2.43. The van der Waals surface area contributed by atoms with Crippen LogP contribution in [-0.2, 0) is 5.88 Å². The van der Waals surface area contributed by atoms with E-state index in [-0.39, 0.29) is 11.9 Å². The van der Waals surface area contributed by atoms with Crippen LogP contribution in [0, 0.1) is 5.82 Å². The summed E-state index contributed by atoms with van der Waals surface area (Å²) in [5, 5.41) is 0. The number of hydrogen-bond acceptors (Lipinski definition) is 1. The van der Waals surface area contributed by atoms with Crippen LogP contribution in [0.4, 0.5) is 4.39 Å². The number of halogens is 2. The maximum Gasteiger partial charge on any atom is 0.165 e. The molecule has 0 saturated heterocycles. The molecule has 0 amide bonds. The van der Waals surface area contributed by atoms with E-state index in [4.69, 9.17) is 16.3 Å². The SMILES string of the molecule is Fc1cc(CCl)ccc1OC1CCCCCC1. The zero-order valence-corrected chi connectivity index (χ0v) is 10.7. The highest BCUT2D eigenvalue weighted by Gasteiger charge is 2.15. The first kappa shape index (κ1) is 12.7. The molecule has 0 spiro atoms. The van der Waals surface area contributed by atoms with Crippen LogP contribution in [0.2, 0.25) is 0 Å². The molecule has 0 unspecified atom stereocenters. The van der Waals surface area contributed by atoms with Crippen LogP contribution in [0.3, 0.4) is 0 Å². The Hall–Kier alpha value is -0.760. The zero-order valence-electron chi connectivity index (χ0n) is 9.92. The summed E-state index contributed by atoms with van der Waals surface area (Å²) >= 11 is 5.66. The molecular formula is C14H18ClFO. The number of rotatable bonds is 3. The van der Waals surface area contributed by atoms with Crippen LogP contribution >= 0.6 is 11.6 Å². The normalized spacial score (nSPS) is 17.8. The van der Waals surface area contributed by atoms with E-state index < -0.39 is 0 Å². The van der Waals surface area contributed by atoms with Crippen molar-refractivity contribution in [3.8, 4) is 5.75 Å². The molecule has 0 aromatic heterocycles. The lowest BCUT2D eigenvalue weighted by molar-refractivity contribution is 0.176. The van der Waals surface area contributed by atoms with E-state index in [1.54, 1.807) is 6.07 Å². The van der Waals surface area contributed by atoms with Gasteiger partial charge in [-0.1, -0.05) is 18.9 Å². The van der Waals surface area contributed by atoms with Crippen LogP contribution in [0.15, 0.2) is 18.2 Å². The van der Waals surface area contributed by atoms with Crippen molar-refractivity contribution in [2.24, 2.45) is 0 Å². The second-order valence-corrected chi connectivity index (χ2v) is 4.90. The van der Waals surface area contributed by atoms with Gasteiger partial charge in [-0.15, -0.1) is 11.6 Å². The molecule has 0 aliphatic heterocycles. The van der Waals surface area contributed by atoms with E-state index in [9.17, 15) is 4.39 Å². The standard InChI is InChI=1S/C14H18ClFO/c15-10-11-7-8-14(13(16)9-11)17-12-5-3-1-2-4-6-12/h7-9,12H,1-6,10H2. The predicted molar refractivity (Wildman–Crippen MR) is 68.1 cm³/mol. The van der Waals surface area contributed by atoms with Crippen LogP contribution < -0.4 is 4.74 Å². The molecule has 1 aromatic rings. The molecule has 0 atom stereocenters. The molecule has 0 radical (unpaired) electrons. The zero-order chi connectivity index (χ0) is 12.1. The smallest absolute Gasteiger partial charge is 0.165 e. The quantitative estimate of drug-likeness (QED) is 0.564. The largest absolute Gasteiger partial charge is 0.487 e. The second kappa shape index (κ2) is 6.25. The molecule has 1 nitrogen and oxygen atoms in total. The number of hydrogen-bond donors (Lipinski definition) is 0. The van der Waals surface area contributed by atoms with Gasteiger partial charge < -0.3 is 4.74 Å². The molecule has 2 rings (SSSR count). The summed E-state index contributed by atoms with van der Waals surface area (Å²) in [6.07, 6.45) is 7.17. The minimum atomic E-state index is -0.299. The summed E-state index contributed by atoms with van der Waals surface area (Å²) in [6, 6.07) is 4.97. The molecule has 1 fully saturated rings. The molecule has 1 aliphatic carbocycles. The van der Waals surface area contributed by atoms with Crippen molar-refractivity contribution in [1.82, 2.24) is 0 Å². The van der Waals surface area contributed by atoms with Gasteiger partial charge in [0.05, 0.1) is 6.10 Å². The summed E-state index contributed by atoms with van der Waals surface area (Å²) in [7, 11) is 0. The third-order valence-electron chi connectivity index (χ3n) is 3.25. The summed E-state index contributed by atoms with van der Waals surface area (Å²) in [6.45, 7) is 0. The maximum absolute atomic E-state index is 13.7. The van der Waals surface area contributed by atoms with Crippen molar-refractivity contribution in [2.45, 2.75) is 50.5 Å². The summed E-state index contributed by atoms with van der Waals surface area (Å²) in [5.74, 6) is 0.402. The first-order valence-electron chi connectivity index (χ1n) is 6.30. The van der Waals surface area contributed by atoms with Crippen molar-refractivity contribution < 1.29 is 9.13 Å². The number of benzene rings is 1. The molecule has 3 heteroatoms. The molecule has 1 aromatic carbocycles. The van der Waals surface area contributed by atoms with E-state index in [1.807, 2.05) is 6.07 Å². The van der Waals surface area contributed by atoms with Gasteiger partial charge in [-0.3, -0.25) is 0 Å². The highest BCUT2D eigenvalue weighted by Crippen LogP contribution is 2.25. The summed E-state index contributed by atoms with van der Waals surface area (Å²) in [5.41, 5.74) is 0.789. The van der Waals surface area contributed by atoms with Gasteiger partial charge in [0.25, 0.3) is 0 Å². The molecule has 0 bridgehead atoms. The van der Waals surface area contributed by atoms with Crippen molar-refractivity contribution >= 4 is 11.6 Å². The van der Waals surface area contributed by atoms with Crippen LogP contribution in [0.5, 0.6) is 5.75 Å². The molecule has 0 heterocycles. The van der Waals surface area contributed by atoms with Crippen molar-refractivity contribution in [3.05, 3.63) is 29.6 Å². The third-order valence-corrected chi connectivity index (χ3v) is 3.56. The number of ether oxygens (including phenoxy) is 1. The Balaban J connectivity index is 2.01. The van der Waals surface area contributed by atoms with Crippen LogP contribution in [-0.4, -0.2) is 6.10 Å². The van der Waals surface area contributed by atoms with Gasteiger partial charge in [0.15, 0.2) is 11.6 Å². The Morgan fingerprint density at radius 1 is 1.18 bits per heavy atom. The Bertz CT molecular complexity index is 359. The average Bonchev–Trinajstić information content (AvgIpc) is 2.60.